The molecular weight excluding hydrogens is 242 g/mol. The number of carbonyl (C=O) groups is 1. The maximum Gasteiger partial charge on any atom is 0.312 e. The van der Waals surface area contributed by atoms with Crippen molar-refractivity contribution in [1.29, 1.82) is 0 Å². The summed E-state index contributed by atoms with van der Waals surface area (Å²) >= 11 is 0. The summed E-state index contributed by atoms with van der Waals surface area (Å²) in [5, 5.41) is 0. The fourth-order valence-corrected chi connectivity index (χ4v) is 2.01. The summed E-state index contributed by atoms with van der Waals surface area (Å²) < 4.78 is 10.4. The SMILES string of the molecule is COC(=O)C(C)c1ccc2oc(CC(C)C)nc2c1. The standard InChI is InChI=1S/C15H19NO3/c1-9(2)7-14-16-12-8-11(5-6-13(12)19-14)10(3)15(17)18-4/h5-6,8-10H,7H2,1-4H3. The molecule has 1 aromatic carbocycles. The predicted octanol–water partition coefficient (Wildman–Crippen LogP) is 3.30. The number of rotatable bonds is 4. The van der Waals surface area contributed by atoms with Gasteiger partial charge in [0.25, 0.3) is 0 Å². The van der Waals surface area contributed by atoms with E-state index in [0.29, 0.717) is 5.92 Å². The van der Waals surface area contributed by atoms with E-state index in [1.165, 1.54) is 7.11 Å². The molecule has 19 heavy (non-hydrogen) atoms. The number of hydrogen-bond donors (Lipinski definition) is 0. The Kier molecular flexibility index (Phi) is 3.88. The van der Waals surface area contributed by atoms with Crippen LogP contribution in [-0.2, 0) is 16.0 Å². The topological polar surface area (TPSA) is 52.3 Å². The molecule has 1 atom stereocenters. The molecule has 1 heterocycles. The first-order valence-electron chi connectivity index (χ1n) is 6.48. The van der Waals surface area contributed by atoms with Crippen molar-refractivity contribution in [2.75, 3.05) is 7.11 Å². The second-order valence-corrected chi connectivity index (χ2v) is 5.18. The molecule has 0 saturated heterocycles. The molecule has 0 aliphatic rings. The molecule has 0 bridgehead atoms. The van der Waals surface area contributed by atoms with Crippen molar-refractivity contribution in [1.82, 2.24) is 4.98 Å². The highest BCUT2D eigenvalue weighted by Gasteiger charge is 2.17. The Morgan fingerprint density at radius 3 is 2.74 bits per heavy atom. The van der Waals surface area contributed by atoms with Crippen LogP contribution >= 0.6 is 0 Å². The molecule has 4 heteroatoms. The van der Waals surface area contributed by atoms with Gasteiger partial charge < -0.3 is 9.15 Å². The van der Waals surface area contributed by atoms with E-state index in [1.807, 2.05) is 25.1 Å². The summed E-state index contributed by atoms with van der Waals surface area (Å²) in [6.45, 7) is 6.07. The molecular formula is C15H19NO3. The molecule has 4 nitrogen and oxygen atoms in total. The first kappa shape index (κ1) is 13.6. The Labute approximate surface area is 112 Å². The largest absolute Gasteiger partial charge is 0.469 e. The molecule has 102 valence electrons. The van der Waals surface area contributed by atoms with Gasteiger partial charge in [-0.15, -0.1) is 0 Å². The van der Waals surface area contributed by atoms with Crippen LogP contribution in [0.15, 0.2) is 22.6 Å². The first-order valence-corrected chi connectivity index (χ1v) is 6.48. The van der Waals surface area contributed by atoms with E-state index in [0.717, 1.165) is 29.0 Å². The molecule has 0 aliphatic heterocycles. The smallest absolute Gasteiger partial charge is 0.312 e. The van der Waals surface area contributed by atoms with E-state index in [2.05, 4.69) is 18.8 Å². The van der Waals surface area contributed by atoms with Gasteiger partial charge in [-0.2, -0.15) is 0 Å². The summed E-state index contributed by atoms with van der Waals surface area (Å²) in [5.74, 6) is 0.708. The lowest BCUT2D eigenvalue weighted by atomic mass is 10.0. The Balaban J connectivity index is 2.32. The fraction of sp³-hybridized carbons (Fsp3) is 0.467. The number of aromatic nitrogens is 1. The zero-order chi connectivity index (χ0) is 14.0. The second-order valence-electron chi connectivity index (χ2n) is 5.18. The maximum atomic E-state index is 11.5. The molecule has 0 amide bonds. The van der Waals surface area contributed by atoms with Gasteiger partial charge in [-0.25, -0.2) is 4.98 Å². The van der Waals surface area contributed by atoms with Gasteiger partial charge in [0.05, 0.1) is 13.0 Å². The number of hydrogen-bond acceptors (Lipinski definition) is 4. The van der Waals surface area contributed by atoms with Crippen LogP contribution < -0.4 is 0 Å². The Bertz CT molecular complexity index is 586. The lowest BCUT2D eigenvalue weighted by molar-refractivity contribution is -0.141. The Morgan fingerprint density at radius 1 is 1.37 bits per heavy atom. The summed E-state index contributed by atoms with van der Waals surface area (Å²) in [6, 6.07) is 5.64. The molecule has 0 aliphatic carbocycles. The van der Waals surface area contributed by atoms with Crippen molar-refractivity contribution in [2.24, 2.45) is 5.92 Å². The lowest BCUT2D eigenvalue weighted by Gasteiger charge is -2.08. The van der Waals surface area contributed by atoms with Crippen LogP contribution in [0, 0.1) is 5.92 Å². The first-order chi connectivity index (χ1) is 9.01. The molecule has 2 rings (SSSR count). The highest BCUT2D eigenvalue weighted by molar-refractivity contribution is 5.80. The van der Waals surface area contributed by atoms with Crippen LogP contribution in [0.2, 0.25) is 0 Å². The molecule has 0 spiro atoms. The molecule has 1 unspecified atom stereocenters. The van der Waals surface area contributed by atoms with Crippen molar-refractivity contribution in [2.45, 2.75) is 33.1 Å². The normalized spacial score (nSPS) is 12.9. The summed E-state index contributed by atoms with van der Waals surface area (Å²) in [4.78, 5) is 16.0. The second kappa shape index (κ2) is 5.43. The molecule has 0 fully saturated rings. The minimum absolute atomic E-state index is 0.245. The van der Waals surface area contributed by atoms with Crippen LogP contribution in [-0.4, -0.2) is 18.1 Å². The number of methoxy groups -OCH3 is 1. The van der Waals surface area contributed by atoms with E-state index < -0.39 is 0 Å². The summed E-state index contributed by atoms with van der Waals surface area (Å²) in [5.41, 5.74) is 2.45. The maximum absolute atomic E-state index is 11.5. The van der Waals surface area contributed by atoms with Gasteiger partial charge in [-0.3, -0.25) is 4.79 Å². The van der Waals surface area contributed by atoms with Gasteiger partial charge in [-0.05, 0) is 30.5 Å². The van der Waals surface area contributed by atoms with Crippen LogP contribution in [0.3, 0.4) is 0 Å². The number of carbonyl (C=O) groups excluding carboxylic acids is 1. The van der Waals surface area contributed by atoms with Crippen molar-refractivity contribution in [3.05, 3.63) is 29.7 Å². The summed E-state index contributed by atoms with van der Waals surface area (Å²) in [7, 11) is 1.40. The van der Waals surface area contributed by atoms with Crippen LogP contribution in [0.4, 0.5) is 0 Å². The monoisotopic (exact) mass is 261 g/mol. The molecule has 0 radical (unpaired) electrons. The van der Waals surface area contributed by atoms with Gasteiger partial charge in [0.2, 0.25) is 0 Å². The quantitative estimate of drug-likeness (QED) is 0.792. The Morgan fingerprint density at radius 2 is 2.11 bits per heavy atom. The highest BCUT2D eigenvalue weighted by atomic mass is 16.5. The van der Waals surface area contributed by atoms with Gasteiger partial charge in [0.1, 0.15) is 5.52 Å². The van der Waals surface area contributed by atoms with Crippen molar-refractivity contribution in [3.63, 3.8) is 0 Å². The van der Waals surface area contributed by atoms with Crippen LogP contribution in [0.5, 0.6) is 0 Å². The predicted molar refractivity (Wildman–Crippen MR) is 73.0 cm³/mol. The van der Waals surface area contributed by atoms with Gasteiger partial charge in [0, 0.05) is 6.42 Å². The molecule has 0 saturated carbocycles. The zero-order valence-electron chi connectivity index (χ0n) is 11.8. The van der Waals surface area contributed by atoms with Crippen molar-refractivity contribution in [3.8, 4) is 0 Å². The van der Waals surface area contributed by atoms with Gasteiger partial charge >= 0.3 is 5.97 Å². The van der Waals surface area contributed by atoms with E-state index in [4.69, 9.17) is 9.15 Å². The molecule has 0 N–H and O–H groups in total. The van der Waals surface area contributed by atoms with Crippen molar-refractivity contribution >= 4 is 17.1 Å². The van der Waals surface area contributed by atoms with Crippen LogP contribution in [0.25, 0.3) is 11.1 Å². The van der Waals surface area contributed by atoms with Crippen LogP contribution in [0.1, 0.15) is 38.1 Å². The average molecular weight is 261 g/mol. The van der Waals surface area contributed by atoms with Gasteiger partial charge in [-0.1, -0.05) is 19.9 Å². The van der Waals surface area contributed by atoms with E-state index in [9.17, 15) is 4.79 Å². The zero-order valence-corrected chi connectivity index (χ0v) is 11.8. The fourth-order valence-electron chi connectivity index (χ4n) is 2.01. The third-order valence-electron chi connectivity index (χ3n) is 3.09. The minimum Gasteiger partial charge on any atom is -0.469 e. The molecule has 2 aromatic rings. The number of esters is 1. The van der Waals surface area contributed by atoms with Gasteiger partial charge in [0.15, 0.2) is 11.5 Å². The number of ether oxygens (including phenoxy) is 1. The van der Waals surface area contributed by atoms with E-state index >= 15 is 0 Å². The Hall–Kier alpha value is -1.84. The highest BCUT2D eigenvalue weighted by Crippen LogP contribution is 2.23. The van der Waals surface area contributed by atoms with E-state index in [-0.39, 0.29) is 11.9 Å². The average Bonchev–Trinajstić information content (AvgIpc) is 2.76. The van der Waals surface area contributed by atoms with Crippen molar-refractivity contribution < 1.29 is 13.9 Å². The van der Waals surface area contributed by atoms with E-state index in [1.54, 1.807) is 0 Å². The summed E-state index contributed by atoms with van der Waals surface area (Å²) in [6.07, 6.45) is 0.816. The third kappa shape index (κ3) is 2.95. The number of oxazole rings is 1. The number of benzene rings is 1. The third-order valence-corrected chi connectivity index (χ3v) is 3.09. The lowest BCUT2D eigenvalue weighted by Crippen LogP contribution is -2.10. The molecule has 1 aromatic heterocycles. The number of fused-ring (bicyclic) bond motifs is 1. The minimum atomic E-state index is -0.292. The number of nitrogens with zero attached hydrogens (tertiary/aromatic N) is 1.